The van der Waals surface area contributed by atoms with Crippen molar-refractivity contribution in [3.63, 3.8) is 0 Å². The fourth-order valence-electron chi connectivity index (χ4n) is 2.84. The third-order valence-electron chi connectivity index (χ3n) is 3.94. The first-order chi connectivity index (χ1) is 11.1. The predicted molar refractivity (Wildman–Crippen MR) is 102 cm³/mol. The van der Waals surface area contributed by atoms with Crippen molar-refractivity contribution in [3.8, 4) is 0 Å². The van der Waals surface area contributed by atoms with Gasteiger partial charge in [-0.15, -0.1) is 11.3 Å². The Morgan fingerprint density at radius 3 is 2.87 bits per heavy atom. The van der Waals surface area contributed by atoms with Crippen LogP contribution in [0.25, 0.3) is 0 Å². The number of hydrogen-bond donors (Lipinski definition) is 2. The molecule has 2 aromatic rings. The Bertz CT molecular complexity index is 724. The lowest BCUT2D eigenvalue weighted by Gasteiger charge is -2.15. The number of nitrogens with zero attached hydrogens (tertiary/aromatic N) is 1. The molecule has 0 amide bonds. The van der Waals surface area contributed by atoms with Gasteiger partial charge >= 0.3 is 5.97 Å². The fourth-order valence-corrected chi connectivity index (χ4v) is 4.13. The minimum absolute atomic E-state index is 0.0419. The van der Waals surface area contributed by atoms with Crippen LogP contribution in [0.15, 0.2) is 40.8 Å². The van der Waals surface area contributed by atoms with E-state index in [0.29, 0.717) is 0 Å². The van der Waals surface area contributed by atoms with Gasteiger partial charge in [0.25, 0.3) is 0 Å². The summed E-state index contributed by atoms with van der Waals surface area (Å²) in [5, 5.41) is 15.9. The van der Waals surface area contributed by atoms with Crippen LogP contribution in [0, 0.1) is 9.49 Å². The van der Waals surface area contributed by atoms with E-state index < -0.39 is 5.97 Å². The molecule has 1 aromatic heterocycles. The minimum atomic E-state index is -0.768. The lowest BCUT2D eigenvalue weighted by molar-refractivity contribution is -0.137. The zero-order chi connectivity index (χ0) is 16.2. The standard InChI is InChI=1S/C17H17IN2O2S/c18-12-4-6-13(7-5-12)19-20-17-11(10-16(21)22)2-1-3-15-14(17)8-9-23-15/h4-9,11,19H,1-3,10H2,(H,21,22)/b20-17+. The van der Waals surface area contributed by atoms with Crippen LogP contribution in [-0.4, -0.2) is 16.8 Å². The predicted octanol–water partition coefficient (Wildman–Crippen LogP) is 4.60. The molecule has 1 aliphatic carbocycles. The summed E-state index contributed by atoms with van der Waals surface area (Å²) in [7, 11) is 0. The Kier molecular flexibility index (Phi) is 5.32. The Hall–Kier alpha value is -1.41. The van der Waals surface area contributed by atoms with Gasteiger partial charge < -0.3 is 5.11 Å². The number of anilines is 1. The molecule has 1 unspecified atom stereocenters. The molecule has 2 N–H and O–H groups in total. The molecular formula is C17H17IN2O2S. The van der Waals surface area contributed by atoms with Crippen LogP contribution in [0.3, 0.4) is 0 Å². The topological polar surface area (TPSA) is 61.7 Å². The van der Waals surface area contributed by atoms with E-state index in [1.807, 2.05) is 24.3 Å². The summed E-state index contributed by atoms with van der Waals surface area (Å²) in [5.41, 5.74) is 5.99. The number of carboxylic acids is 1. The minimum Gasteiger partial charge on any atom is -0.481 e. The van der Waals surface area contributed by atoms with Gasteiger partial charge in [-0.25, -0.2) is 0 Å². The third kappa shape index (κ3) is 4.11. The Labute approximate surface area is 152 Å². The highest BCUT2D eigenvalue weighted by atomic mass is 127. The first kappa shape index (κ1) is 16.4. The average molecular weight is 440 g/mol. The highest BCUT2D eigenvalue weighted by molar-refractivity contribution is 14.1. The number of nitrogens with one attached hydrogen (secondary N) is 1. The van der Waals surface area contributed by atoms with E-state index in [-0.39, 0.29) is 12.3 Å². The maximum absolute atomic E-state index is 11.2. The van der Waals surface area contributed by atoms with Gasteiger partial charge in [-0.05, 0) is 77.6 Å². The fraction of sp³-hybridized carbons (Fsp3) is 0.294. The summed E-state index contributed by atoms with van der Waals surface area (Å²) in [6, 6.07) is 10.0. The third-order valence-corrected chi connectivity index (χ3v) is 5.64. The zero-order valence-electron chi connectivity index (χ0n) is 12.5. The van der Waals surface area contributed by atoms with E-state index in [9.17, 15) is 9.90 Å². The van der Waals surface area contributed by atoms with Crippen molar-refractivity contribution in [2.45, 2.75) is 25.7 Å². The number of rotatable bonds is 4. The number of halogens is 1. The van der Waals surface area contributed by atoms with Crippen molar-refractivity contribution in [2.24, 2.45) is 11.0 Å². The zero-order valence-corrected chi connectivity index (χ0v) is 15.4. The van der Waals surface area contributed by atoms with Crippen LogP contribution in [0.4, 0.5) is 5.69 Å². The monoisotopic (exact) mass is 440 g/mol. The first-order valence-electron chi connectivity index (χ1n) is 7.51. The van der Waals surface area contributed by atoms with Gasteiger partial charge in [-0.2, -0.15) is 5.10 Å². The summed E-state index contributed by atoms with van der Waals surface area (Å²) in [4.78, 5) is 12.5. The Balaban J connectivity index is 1.91. The van der Waals surface area contributed by atoms with Crippen molar-refractivity contribution >= 4 is 51.3 Å². The van der Waals surface area contributed by atoms with Crippen LogP contribution in [0.2, 0.25) is 0 Å². The molecule has 4 nitrogen and oxygen atoms in total. The molecule has 3 rings (SSSR count). The molecule has 1 heterocycles. The molecule has 0 saturated heterocycles. The lowest BCUT2D eigenvalue weighted by atomic mass is 9.93. The van der Waals surface area contributed by atoms with Crippen molar-refractivity contribution in [1.82, 2.24) is 0 Å². The highest BCUT2D eigenvalue weighted by Gasteiger charge is 2.26. The van der Waals surface area contributed by atoms with Gasteiger partial charge in [0.1, 0.15) is 0 Å². The number of aryl methyl sites for hydroxylation is 1. The number of carbonyl (C=O) groups is 1. The number of hydrogen-bond acceptors (Lipinski definition) is 4. The largest absolute Gasteiger partial charge is 0.481 e. The number of fused-ring (bicyclic) bond motifs is 1. The Morgan fingerprint density at radius 2 is 2.13 bits per heavy atom. The summed E-state index contributed by atoms with van der Waals surface area (Å²) in [5.74, 6) is -0.810. The molecule has 1 atom stereocenters. The van der Waals surface area contributed by atoms with Crippen LogP contribution < -0.4 is 5.43 Å². The second-order valence-corrected chi connectivity index (χ2v) is 7.81. The van der Waals surface area contributed by atoms with Crippen molar-refractivity contribution < 1.29 is 9.90 Å². The van der Waals surface area contributed by atoms with E-state index in [0.717, 1.165) is 36.2 Å². The summed E-state index contributed by atoms with van der Waals surface area (Å²) < 4.78 is 1.17. The number of hydrazone groups is 1. The number of aliphatic carboxylic acids is 1. The molecule has 0 radical (unpaired) electrons. The van der Waals surface area contributed by atoms with Gasteiger partial charge in [0.05, 0.1) is 17.8 Å². The van der Waals surface area contributed by atoms with Crippen molar-refractivity contribution in [2.75, 3.05) is 5.43 Å². The van der Waals surface area contributed by atoms with Crippen LogP contribution in [0.5, 0.6) is 0 Å². The number of thiophene rings is 1. The van der Waals surface area contributed by atoms with Gasteiger partial charge in [0.15, 0.2) is 0 Å². The maximum atomic E-state index is 11.2. The summed E-state index contributed by atoms with van der Waals surface area (Å²) >= 11 is 3.99. The van der Waals surface area contributed by atoms with Crippen LogP contribution in [-0.2, 0) is 11.2 Å². The second-order valence-electron chi connectivity index (χ2n) is 5.56. The van der Waals surface area contributed by atoms with E-state index in [1.165, 1.54) is 8.45 Å². The van der Waals surface area contributed by atoms with Gasteiger partial charge in [-0.1, -0.05) is 0 Å². The van der Waals surface area contributed by atoms with Crippen LogP contribution >= 0.6 is 33.9 Å². The molecule has 120 valence electrons. The van der Waals surface area contributed by atoms with Crippen molar-refractivity contribution in [3.05, 3.63) is 49.7 Å². The first-order valence-corrected chi connectivity index (χ1v) is 9.47. The van der Waals surface area contributed by atoms with Crippen LogP contribution in [0.1, 0.15) is 29.7 Å². The normalized spacial score (nSPS) is 19.2. The molecule has 1 aromatic carbocycles. The Morgan fingerprint density at radius 1 is 1.35 bits per heavy atom. The van der Waals surface area contributed by atoms with E-state index >= 15 is 0 Å². The van der Waals surface area contributed by atoms with E-state index in [4.69, 9.17) is 0 Å². The highest BCUT2D eigenvalue weighted by Crippen LogP contribution is 2.31. The smallest absolute Gasteiger partial charge is 0.304 e. The van der Waals surface area contributed by atoms with Gasteiger partial charge in [0.2, 0.25) is 0 Å². The number of benzene rings is 1. The molecule has 0 saturated carbocycles. The van der Waals surface area contributed by atoms with E-state index in [2.05, 4.69) is 44.6 Å². The molecule has 1 aliphatic rings. The molecule has 0 bridgehead atoms. The summed E-state index contributed by atoms with van der Waals surface area (Å²) in [6.07, 6.45) is 3.00. The molecule has 6 heteroatoms. The SMILES string of the molecule is O=C(O)CC1CCCc2sccc2/C1=N/Nc1ccc(I)cc1. The lowest BCUT2D eigenvalue weighted by Crippen LogP contribution is -2.20. The number of carboxylic acid groups (broad SMARTS) is 1. The van der Waals surface area contributed by atoms with Gasteiger partial charge in [0, 0.05) is 19.9 Å². The second kappa shape index (κ2) is 7.44. The molecule has 0 fully saturated rings. The molecule has 23 heavy (non-hydrogen) atoms. The van der Waals surface area contributed by atoms with E-state index in [1.54, 1.807) is 11.3 Å². The molecular weight excluding hydrogens is 423 g/mol. The molecule has 0 aliphatic heterocycles. The quantitative estimate of drug-likeness (QED) is 0.415. The van der Waals surface area contributed by atoms with Gasteiger partial charge in [-0.3, -0.25) is 10.2 Å². The maximum Gasteiger partial charge on any atom is 0.304 e. The summed E-state index contributed by atoms with van der Waals surface area (Å²) in [6.45, 7) is 0. The van der Waals surface area contributed by atoms with Crippen molar-refractivity contribution in [1.29, 1.82) is 0 Å². The molecule has 0 spiro atoms. The average Bonchev–Trinajstić information content (AvgIpc) is 2.91.